The molecule has 4 nitrogen and oxygen atoms in total. The normalized spacial score (nSPS) is 16.6. The maximum absolute atomic E-state index is 12.9. The van der Waals surface area contributed by atoms with E-state index in [1.54, 1.807) is 6.33 Å². The number of benzene rings is 1. The molecule has 2 heterocycles. The van der Waals surface area contributed by atoms with Gasteiger partial charge in [-0.05, 0) is 37.5 Å². The van der Waals surface area contributed by atoms with Crippen molar-refractivity contribution in [1.82, 2.24) is 14.9 Å². The SMILES string of the molecule is Cc1cc(NC2CCN(Cc3ccc(F)cc3)CC2)ncn1. The van der Waals surface area contributed by atoms with E-state index >= 15 is 0 Å². The summed E-state index contributed by atoms with van der Waals surface area (Å²) < 4.78 is 12.9. The number of nitrogens with one attached hydrogen (secondary N) is 1. The summed E-state index contributed by atoms with van der Waals surface area (Å²) in [7, 11) is 0. The maximum atomic E-state index is 12.9. The van der Waals surface area contributed by atoms with E-state index in [-0.39, 0.29) is 5.82 Å². The minimum Gasteiger partial charge on any atom is -0.367 e. The van der Waals surface area contributed by atoms with Gasteiger partial charge in [-0.1, -0.05) is 12.1 Å². The van der Waals surface area contributed by atoms with Crippen LogP contribution < -0.4 is 5.32 Å². The zero-order chi connectivity index (χ0) is 15.4. The van der Waals surface area contributed by atoms with Crippen molar-refractivity contribution < 1.29 is 4.39 Å². The van der Waals surface area contributed by atoms with E-state index in [1.807, 2.05) is 25.1 Å². The van der Waals surface area contributed by atoms with Crippen LogP contribution >= 0.6 is 0 Å². The highest BCUT2D eigenvalue weighted by atomic mass is 19.1. The van der Waals surface area contributed by atoms with E-state index in [9.17, 15) is 4.39 Å². The molecule has 1 saturated heterocycles. The number of aromatic nitrogens is 2. The molecule has 0 spiro atoms. The molecule has 116 valence electrons. The molecule has 2 aromatic rings. The lowest BCUT2D eigenvalue weighted by atomic mass is 10.0. The molecule has 1 N–H and O–H groups in total. The summed E-state index contributed by atoms with van der Waals surface area (Å²) in [6, 6.07) is 9.22. The van der Waals surface area contributed by atoms with Gasteiger partial charge in [-0.3, -0.25) is 4.90 Å². The minimum absolute atomic E-state index is 0.174. The fourth-order valence-corrected chi connectivity index (χ4v) is 2.83. The summed E-state index contributed by atoms with van der Waals surface area (Å²) in [6.45, 7) is 4.94. The predicted octanol–water partition coefficient (Wildman–Crippen LogP) is 3.00. The van der Waals surface area contributed by atoms with Crippen molar-refractivity contribution in [3.8, 4) is 0 Å². The van der Waals surface area contributed by atoms with Gasteiger partial charge in [0.1, 0.15) is 18.0 Å². The molecule has 0 saturated carbocycles. The number of rotatable bonds is 4. The monoisotopic (exact) mass is 300 g/mol. The molecule has 0 bridgehead atoms. The van der Waals surface area contributed by atoms with E-state index < -0.39 is 0 Å². The van der Waals surface area contributed by atoms with Crippen LogP contribution in [0.5, 0.6) is 0 Å². The van der Waals surface area contributed by atoms with Gasteiger partial charge in [0.25, 0.3) is 0 Å². The van der Waals surface area contributed by atoms with Crippen LogP contribution in [0, 0.1) is 12.7 Å². The number of hydrogen-bond acceptors (Lipinski definition) is 4. The molecule has 0 atom stereocenters. The highest BCUT2D eigenvalue weighted by Gasteiger charge is 2.19. The standard InChI is InChI=1S/C17H21FN4/c1-13-10-17(20-12-19-13)21-16-6-8-22(9-7-16)11-14-2-4-15(18)5-3-14/h2-5,10,12,16H,6-9,11H2,1H3,(H,19,20,21). The first-order valence-electron chi connectivity index (χ1n) is 7.71. The third-order valence-corrected chi connectivity index (χ3v) is 4.06. The summed E-state index contributed by atoms with van der Waals surface area (Å²) in [4.78, 5) is 10.8. The minimum atomic E-state index is -0.174. The van der Waals surface area contributed by atoms with Gasteiger partial charge in [-0.15, -0.1) is 0 Å². The predicted molar refractivity (Wildman–Crippen MR) is 85.1 cm³/mol. The largest absolute Gasteiger partial charge is 0.367 e. The number of aryl methyl sites for hydroxylation is 1. The zero-order valence-corrected chi connectivity index (χ0v) is 12.8. The van der Waals surface area contributed by atoms with Crippen molar-refractivity contribution in [3.63, 3.8) is 0 Å². The first-order valence-corrected chi connectivity index (χ1v) is 7.71. The van der Waals surface area contributed by atoms with Gasteiger partial charge in [0.15, 0.2) is 0 Å². The Labute approximate surface area is 130 Å². The van der Waals surface area contributed by atoms with Crippen molar-refractivity contribution in [2.45, 2.75) is 32.4 Å². The van der Waals surface area contributed by atoms with E-state index in [2.05, 4.69) is 20.2 Å². The van der Waals surface area contributed by atoms with Gasteiger partial charge in [0, 0.05) is 37.4 Å². The third-order valence-electron chi connectivity index (χ3n) is 4.06. The van der Waals surface area contributed by atoms with Crippen molar-refractivity contribution in [3.05, 3.63) is 53.7 Å². The van der Waals surface area contributed by atoms with Gasteiger partial charge in [-0.25, -0.2) is 14.4 Å². The fraction of sp³-hybridized carbons (Fsp3) is 0.412. The van der Waals surface area contributed by atoms with Gasteiger partial charge in [0.2, 0.25) is 0 Å². The highest BCUT2D eigenvalue weighted by Crippen LogP contribution is 2.17. The van der Waals surface area contributed by atoms with Crippen LogP contribution in [0.2, 0.25) is 0 Å². The molecule has 1 aliphatic rings. The molecule has 1 aromatic heterocycles. The molecular weight excluding hydrogens is 279 g/mol. The second-order valence-electron chi connectivity index (χ2n) is 5.87. The lowest BCUT2D eigenvalue weighted by molar-refractivity contribution is 0.211. The number of halogens is 1. The van der Waals surface area contributed by atoms with Gasteiger partial charge in [0.05, 0.1) is 0 Å². The van der Waals surface area contributed by atoms with Crippen LogP contribution in [0.3, 0.4) is 0 Å². The Kier molecular flexibility index (Phi) is 4.63. The summed E-state index contributed by atoms with van der Waals surface area (Å²) in [5.74, 6) is 0.733. The number of likely N-dealkylation sites (tertiary alicyclic amines) is 1. The van der Waals surface area contributed by atoms with Crippen LogP contribution in [-0.2, 0) is 6.54 Å². The van der Waals surface area contributed by atoms with Crippen molar-refractivity contribution in [1.29, 1.82) is 0 Å². The summed E-state index contributed by atoms with van der Waals surface area (Å²) in [5.41, 5.74) is 2.14. The van der Waals surface area contributed by atoms with Crippen LogP contribution in [0.15, 0.2) is 36.7 Å². The fourth-order valence-electron chi connectivity index (χ4n) is 2.83. The number of piperidine rings is 1. The lowest BCUT2D eigenvalue weighted by Crippen LogP contribution is -2.38. The molecule has 22 heavy (non-hydrogen) atoms. The molecule has 0 aliphatic carbocycles. The average molecular weight is 300 g/mol. The number of nitrogens with zero attached hydrogens (tertiary/aromatic N) is 3. The molecule has 3 rings (SSSR count). The first-order chi connectivity index (χ1) is 10.7. The van der Waals surface area contributed by atoms with E-state index in [1.165, 1.54) is 17.7 Å². The summed E-state index contributed by atoms with van der Waals surface area (Å²) >= 11 is 0. The molecule has 5 heteroatoms. The van der Waals surface area contributed by atoms with E-state index in [4.69, 9.17) is 0 Å². The molecule has 1 aliphatic heterocycles. The molecule has 1 aromatic carbocycles. The molecular formula is C17H21FN4. The van der Waals surface area contributed by atoms with Gasteiger partial charge < -0.3 is 5.32 Å². The highest BCUT2D eigenvalue weighted by molar-refractivity contribution is 5.35. The quantitative estimate of drug-likeness (QED) is 0.942. The Balaban J connectivity index is 1.49. The van der Waals surface area contributed by atoms with Crippen molar-refractivity contribution in [2.24, 2.45) is 0 Å². The van der Waals surface area contributed by atoms with Crippen LogP contribution in [0.4, 0.5) is 10.2 Å². The first kappa shape index (κ1) is 14.9. The van der Waals surface area contributed by atoms with Crippen molar-refractivity contribution in [2.75, 3.05) is 18.4 Å². The average Bonchev–Trinajstić information content (AvgIpc) is 2.52. The van der Waals surface area contributed by atoms with E-state index in [0.717, 1.165) is 44.0 Å². The second-order valence-corrected chi connectivity index (χ2v) is 5.87. The Morgan fingerprint density at radius 1 is 1.18 bits per heavy atom. The zero-order valence-electron chi connectivity index (χ0n) is 12.8. The van der Waals surface area contributed by atoms with Gasteiger partial charge >= 0.3 is 0 Å². The molecule has 0 amide bonds. The molecule has 0 unspecified atom stereocenters. The maximum Gasteiger partial charge on any atom is 0.129 e. The summed E-state index contributed by atoms with van der Waals surface area (Å²) in [6.07, 6.45) is 3.77. The summed E-state index contributed by atoms with van der Waals surface area (Å²) in [5, 5.41) is 3.49. The van der Waals surface area contributed by atoms with Crippen LogP contribution in [-0.4, -0.2) is 34.0 Å². The second kappa shape index (κ2) is 6.83. The topological polar surface area (TPSA) is 41.0 Å². The Bertz CT molecular complexity index is 606. The molecule has 0 radical (unpaired) electrons. The smallest absolute Gasteiger partial charge is 0.129 e. The van der Waals surface area contributed by atoms with Crippen LogP contribution in [0.1, 0.15) is 24.1 Å². The Morgan fingerprint density at radius 3 is 2.59 bits per heavy atom. The Morgan fingerprint density at radius 2 is 1.91 bits per heavy atom. The molecule has 1 fully saturated rings. The van der Waals surface area contributed by atoms with E-state index in [0.29, 0.717) is 6.04 Å². The van der Waals surface area contributed by atoms with Crippen LogP contribution in [0.25, 0.3) is 0 Å². The Hall–Kier alpha value is -2.01. The van der Waals surface area contributed by atoms with Crippen molar-refractivity contribution >= 4 is 5.82 Å². The number of anilines is 1. The van der Waals surface area contributed by atoms with Gasteiger partial charge in [-0.2, -0.15) is 0 Å². The number of hydrogen-bond donors (Lipinski definition) is 1. The third kappa shape index (κ3) is 4.01. The lowest BCUT2D eigenvalue weighted by Gasteiger charge is -2.32.